The van der Waals surface area contributed by atoms with Gasteiger partial charge in [0.2, 0.25) is 5.91 Å². The molecule has 3 aromatic carbocycles. The van der Waals surface area contributed by atoms with E-state index < -0.39 is 0 Å². The molecule has 1 heterocycles. The molecule has 5 rings (SSSR count). The number of benzene rings is 3. The molecule has 0 saturated carbocycles. The summed E-state index contributed by atoms with van der Waals surface area (Å²) in [5, 5.41) is 4.57. The minimum atomic E-state index is -0.163. The quantitative estimate of drug-likeness (QED) is 0.372. The van der Waals surface area contributed by atoms with Gasteiger partial charge in [-0.3, -0.25) is 4.79 Å². The fourth-order valence-corrected chi connectivity index (χ4v) is 4.95. The van der Waals surface area contributed by atoms with Gasteiger partial charge in [0.25, 0.3) is 0 Å². The van der Waals surface area contributed by atoms with Gasteiger partial charge in [0.05, 0.1) is 12.0 Å². The van der Waals surface area contributed by atoms with Gasteiger partial charge in [0.1, 0.15) is 0 Å². The molecule has 4 heteroatoms. The molecule has 0 radical (unpaired) electrons. The Morgan fingerprint density at radius 3 is 2.30 bits per heavy atom. The largest absolute Gasteiger partial charge is 0.357 e. The van der Waals surface area contributed by atoms with E-state index in [0.29, 0.717) is 0 Å². The molecule has 0 fully saturated rings. The number of hydrogen-bond donors (Lipinski definition) is 2. The topological polar surface area (TPSA) is 44.9 Å². The Morgan fingerprint density at radius 1 is 0.967 bits per heavy atom. The summed E-state index contributed by atoms with van der Waals surface area (Å²) in [4.78, 5) is 17.1. The summed E-state index contributed by atoms with van der Waals surface area (Å²) < 4.78 is 1.07. The van der Waals surface area contributed by atoms with Gasteiger partial charge in [0.15, 0.2) is 0 Å². The van der Waals surface area contributed by atoms with Crippen LogP contribution in [0.2, 0.25) is 0 Å². The van der Waals surface area contributed by atoms with Crippen LogP contribution in [0, 0.1) is 0 Å². The number of aromatic nitrogens is 1. The number of halogens is 1. The number of carbonyl (C=O) groups is 1. The van der Waals surface area contributed by atoms with Crippen molar-refractivity contribution in [2.75, 3.05) is 0 Å². The molecule has 150 valence electrons. The molecule has 1 amide bonds. The van der Waals surface area contributed by atoms with Gasteiger partial charge in [0, 0.05) is 21.1 Å². The second kappa shape index (κ2) is 8.11. The molecule has 0 saturated heterocycles. The summed E-state index contributed by atoms with van der Waals surface area (Å²) in [5.74, 6) is -0.0749. The molecule has 1 aliphatic carbocycles. The lowest BCUT2D eigenvalue weighted by atomic mass is 9.85. The van der Waals surface area contributed by atoms with Crippen molar-refractivity contribution in [3.05, 3.63) is 106 Å². The molecule has 1 atom stereocenters. The van der Waals surface area contributed by atoms with E-state index in [-0.39, 0.29) is 17.9 Å². The summed E-state index contributed by atoms with van der Waals surface area (Å²) in [6.07, 6.45) is 2.89. The van der Waals surface area contributed by atoms with Crippen molar-refractivity contribution in [2.45, 2.75) is 31.2 Å². The second-order valence-corrected chi connectivity index (χ2v) is 8.83. The van der Waals surface area contributed by atoms with E-state index >= 15 is 0 Å². The van der Waals surface area contributed by atoms with Gasteiger partial charge in [-0.2, -0.15) is 0 Å². The van der Waals surface area contributed by atoms with Crippen molar-refractivity contribution in [1.29, 1.82) is 0 Å². The average molecular weight is 459 g/mol. The summed E-state index contributed by atoms with van der Waals surface area (Å²) in [7, 11) is 0. The highest BCUT2D eigenvalue weighted by Crippen LogP contribution is 2.37. The number of hydrogen-bond acceptors (Lipinski definition) is 1. The van der Waals surface area contributed by atoms with Crippen molar-refractivity contribution < 1.29 is 4.79 Å². The first kappa shape index (κ1) is 19.1. The SMILES string of the molecule is O=C(NC(c1ccccc1)c1ccccc1)[C@H]1CCCc2c1[nH]c1ccc(Br)cc21. The van der Waals surface area contributed by atoms with E-state index in [0.717, 1.165) is 46.1 Å². The smallest absolute Gasteiger partial charge is 0.229 e. The maximum Gasteiger partial charge on any atom is 0.229 e. The van der Waals surface area contributed by atoms with E-state index in [1.807, 2.05) is 42.5 Å². The predicted molar refractivity (Wildman–Crippen MR) is 125 cm³/mol. The van der Waals surface area contributed by atoms with E-state index in [1.54, 1.807) is 0 Å². The zero-order valence-electron chi connectivity index (χ0n) is 16.6. The number of H-pyrrole nitrogens is 1. The van der Waals surface area contributed by atoms with Crippen LogP contribution in [-0.2, 0) is 11.2 Å². The summed E-state index contributed by atoms with van der Waals surface area (Å²) >= 11 is 3.58. The summed E-state index contributed by atoms with van der Waals surface area (Å²) in [6, 6.07) is 26.5. The second-order valence-electron chi connectivity index (χ2n) is 7.91. The highest BCUT2D eigenvalue weighted by Gasteiger charge is 2.31. The molecule has 1 aliphatic rings. The lowest BCUT2D eigenvalue weighted by Gasteiger charge is -2.26. The minimum absolute atomic E-state index is 0.0827. The number of aryl methyl sites for hydroxylation is 1. The molecule has 3 nitrogen and oxygen atoms in total. The van der Waals surface area contributed by atoms with Gasteiger partial charge in [-0.15, -0.1) is 0 Å². The van der Waals surface area contributed by atoms with Gasteiger partial charge in [-0.05, 0) is 54.2 Å². The standard InChI is InChI=1S/C26H23BrN2O/c27-19-14-15-23-22(16-19)20-12-7-13-21(25(20)28-23)26(30)29-24(17-8-3-1-4-9-17)18-10-5-2-6-11-18/h1-6,8-11,14-16,21,24,28H,7,12-13H2,(H,29,30)/t21-/m0/s1. The first-order valence-electron chi connectivity index (χ1n) is 10.4. The van der Waals surface area contributed by atoms with Crippen molar-refractivity contribution in [3.63, 3.8) is 0 Å². The minimum Gasteiger partial charge on any atom is -0.357 e. The zero-order valence-corrected chi connectivity index (χ0v) is 18.2. The Morgan fingerprint density at radius 2 is 1.63 bits per heavy atom. The Labute approximate surface area is 184 Å². The molecule has 2 N–H and O–H groups in total. The van der Waals surface area contributed by atoms with Crippen LogP contribution in [0.3, 0.4) is 0 Å². The number of rotatable bonds is 4. The van der Waals surface area contributed by atoms with Crippen LogP contribution in [0.15, 0.2) is 83.3 Å². The first-order valence-corrected chi connectivity index (χ1v) is 11.2. The molecule has 30 heavy (non-hydrogen) atoms. The number of fused-ring (bicyclic) bond motifs is 3. The molecule has 0 bridgehead atoms. The Bertz CT molecular complexity index is 1140. The van der Waals surface area contributed by atoms with Crippen molar-refractivity contribution in [1.82, 2.24) is 10.3 Å². The number of amides is 1. The monoisotopic (exact) mass is 458 g/mol. The van der Waals surface area contributed by atoms with Crippen LogP contribution < -0.4 is 5.32 Å². The normalized spacial score (nSPS) is 15.9. The Hall–Kier alpha value is -2.85. The van der Waals surface area contributed by atoms with E-state index in [4.69, 9.17) is 0 Å². The van der Waals surface area contributed by atoms with Crippen LogP contribution in [-0.4, -0.2) is 10.9 Å². The summed E-state index contributed by atoms with van der Waals surface area (Å²) in [6.45, 7) is 0. The van der Waals surface area contributed by atoms with Crippen molar-refractivity contribution >= 4 is 32.7 Å². The van der Waals surface area contributed by atoms with Crippen molar-refractivity contribution in [3.8, 4) is 0 Å². The molecular formula is C26H23BrN2O. The summed E-state index contributed by atoms with van der Waals surface area (Å²) in [5.41, 5.74) is 5.65. The predicted octanol–water partition coefficient (Wildman–Crippen LogP) is 6.26. The van der Waals surface area contributed by atoms with E-state index in [2.05, 4.69) is 62.6 Å². The number of nitrogens with one attached hydrogen (secondary N) is 2. The molecule has 0 aliphatic heterocycles. The lowest BCUT2D eigenvalue weighted by Crippen LogP contribution is -2.35. The average Bonchev–Trinajstić information content (AvgIpc) is 3.16. The fourth-order valence-electron chi connectivity index (χ4n) is 4.59. The van der Waals surface area contributed by atoms with Crippen LogP contribution in [0.25, 0.3) is 10.9 Å². The van der Waals surface area contributed by atoms with Crippen LogP contribution in [0.4, 0.5) is 0 Å². The molecule has 4 aromatic rings. The first-order chi connectivity index (χ1) is 14.7. The molecular weight excluding hydrogens is 436 g/mol. The third kappa shape index (κ3) is 3.56. The lowest BCUT2D eigenvalue weighted by molar-refractivity contribution is -0.123. The number of carbonyl (C=O) groups excluding carboxylic acids is 1. The van der Waals surface area contributed by atoms with Gasteiger partial charge in [-0.25, -0.2) is 0 Å². The highest BCUT2D eigenvalue weighted by molar-refractivity contribution is 9.10. The fraction of sp³-hybridized carbons (Fsp3) is 0.192. The molecule has 0 unspecified atom stereocenters. The third-order valence-electron chi connectivity index (χ3n) is 6.04. The zero-order chi connectivity index (χ0) is 20.5. The Kier molecular flexibility index (Phi) is 5.17. The maximum atomic E-state index is 13.5. The van der Waals surface area contributed by atoms with Crippen LogP contribution >= 0.6 is 15.9 Å². The maximum absolute atomic E-state index is 13.5. The van der Waals surface area contributed by atoms with Gasteiger partial charge >= 0.3 is 0 Å². The van der Waals surface area contributed by atoms with Gasteiger partial charge < -0.3 is 10.3 Å². The number of aromatic amines is 1. The van der Waals surface area contributed by atoms with Gasteiger partial charge in [-0.1, -0.05) is 76.6 Å². The highest BCUT2D eigenvalue weighted by atomic mass is 79.9. The van der Waals surface area contributed by atoms with Crippen LogP contribution in [0.1, 0.15) is 47.2 Å². The molecule has 1 aromatic heterocycles. The third-order valence-corrected chi connectivity index (χ3v) is 6.53. The van der Waals surface area contributed by atoms with Crippen LogP contribution in [0.5, 0.6) is 0 Å². The Balaban J connectivity index is 1.49. The van der Waals surface area contributed by atoms with E-state index in [9.17, 15) is 4.79 Å². The molecule has 0 spiro atoms. The van der Waals surface area contributed by atoms with E-state index in [1.165, 1.54) is 10.9 Å². The van der Waals surface area contributed by atoms with Crippen molar-refractivity contribution in [2.24, 2.45) is 0 Å².